The van der Waals surface area contributed by atoms with E-state index in [-0.39, 0.29) is 18.0 Å². The number of carbonyl (C=O) groups is 1. The maximum Gasteiger partial charge on any atom is 0.313 e. The van der Waals surface area contributed by atoms with Gasteiger partial charge in [0.25, 0.3) is 0 Å². The van der Waals surface area contributed by atoms with Crippen LogP contribution in [0.1, 0.15) is 6.42 Å². The van der Waals surface area contributed by atoms with Crippen LogP contribution in [-0.4, -0.2) is 12.1 Å². The summed E-state index contributed by atoms with van der Waals surface area (Å²) < 4.78 is 5.01. The summed E-state index contributed by atoms with van der Waals surface area (Å²) in [7, 11) is 0. The highest BCUT2D eigenvalue weighted by Gasteiger charge is 2.57. The third kappa shape index (κ3) is 0.349. The van der Waals surface area contributed by atoms with E-state index in [2.05, 4.69) is 12.2 Å². The SMILES string of the molecule is O=C1O[C@H]2[C@@H]1[C@H]1C=C[C@@H]2C1. The third-order valence-corrected chi connectivity index (χ3v) is 2.91. The molecule has 0 aromatic rings. The number of esters is 1. The van der Waals surface area contributed by atoms with E-state index >= 15 is 0 Å². The van der Waals surface area contributed by atoms with Gasteiger partial charge in [0, 0.05) is 5.92 Å². The number of rotatable bonds is 0. The Morgan fingerprint density at radius 3 is 2.80 bits per heavy atom. The summed E-state index contributed by atoms with van der Waals surface area (Å²) in [5, 5.41) is 0. The molecule has 0 amide bonds. The molecule has 3 rings (SSSR count). The van der Waals surface area contributed by atoms with E-state index in [0.29, 0.717) is 11.8 Å². The third-order valence-electron chi connectivity index (χ3n) is 2.91. The topological polar surface area (TPSA) is 26.3 Å². The molecule has 1 aliphatic heterocycles. The monoisotopic (exact) mass is 136 g/mol. The van der Waals surface area contributed by atoms with Crippen molar-refractivity contribution in [2.75, 3.05) is 0 Å². The minimum atomic E-state index is 0.0295. The Kier molecular flexibility index (Phi) is 0.636. The van der Waals surface area contributed by atoms with Gasteiger partial charge in [-0.1, -0.05) is 12.2 Å². The molecule has 0 spiro atoms. The van der Waals surface area contributed by atoms with Crippen LogP contribution in [0, 0.1) is 17.8 Å². The molecule has 2 bridgehead atoms. The van der Waals surface area contributed by atoms with E-state index in [0.717, 1.165) is 6.42 Å². The fourth-order valence-corrected chi connectivity index (χ4v) is 2.39. The zero-order chi connectivity index (χ0) is 6.72. The zero-order valence-corrected chi connectivity index (χ0v) is 5.49. The second-order valence-corrected chi connectivity index (χ2v) is 3.38. The summed E-state index contributed by atoms with van der Waals surface area (Å²) in [6.07, 6.45) is 5.79. The maximum absolute atomic E-state index is 10.8. The van der Waals surface area contributed by atoms with Crippen molar-refractivity contribution in [3.05, 3.63) is 12.2 Å². The van der Waals surface area contributed by atoms with Crippen LogP contribution in [-0.2, 0) is 9.53 Å². The molecule has 0 N–H and O–H groups in total. The fourth-order valence-electron chi connectivity index (χ4n) is 2.39. The summed E-state index contributed by atoms with van der Waals surface area (Å²) >= 11 is 0. The number of allylic oxidation sites excluding steroid dienone is 1. The molecule has 1 saturated carbocycles. The molecule has 0 radical (unpaired) electrons. The first kappa shape index (κ1) is 4.94. The summed E-state index contributed by atoms with van der Waals surface area (Å²) in [4.78, 5) is 10.8. The lowest BCUT2D eigenvalue weighted by Crippen LogP contribution is -2.47. The van der Waals surface area contributed by atoms with E-state index in [1.807, 2.05) is 0 Å². The van der Waals surface area contributed by atoms with Crippen LogP contribution in [0.25, 0.3) is 0 Å². The molecule has 0 aromatic heterocycles. The zero-order valence-electron chi connectivity index (χ0n) is 5.49. The van der Waals surface area contributed by atoms with Crippen molar-refractivity contribution in [3.63, 3.8) is 0 Å². The molecule has 2 aliphatic carbocycles. The number of ether oxygens (including phenoxy) is 1. The lowest BCUT2D eigenvalue weighted by atomic mass is 9.87. The highest BCUT2D eigenvalue weighted by molar-refractivity contribution is 5.80. The summed E-state index contributed by atoms with van der Waals surface area (Å²) in [6.45, 7) is 0. The summed E-state index contributed by atoms with van der Waals surface area (Å²) in [5.74, 6) is 1.36. The van der Waals surface area contributed by atoms with E-state index in [4.69, 9.17) is 4.74 Å². The fraction of sp³-hybridized carbons (Fsp3) is 0.625. The molecule has 4 atom stereocenters. The van der Waals surface area contributed by atoms with Gasteiger partial charge in [-0.2, -0.15) is 0 Å². The van der Waals surface area contributed by atoms with Gasteiger partial charge in [0.1, 0.15) is 12.0 Å². The van der Waals surface area contributed by atoms with Gasteiger partial charge < -0.3 is 4.74 Å². The van der Waals surface area contributed by atoms with Gasteiger partial charge in [0.05, 0.1) is 0 Å². The Morgan fingerprint density at radius 1 is 1.40 bits per heavy atom. The quantitative estimate of drug-likeness (QED) is 0.362. The standard InChI is InChI=1S/C8H8O2/c9-8-6-4-1-2-5(3-4)7(6)10-8/h1-2,4-7H,3H2/t4-,5+,6-,7+/m0/s1. The molecule has 1 heterocycles. The van der Waals surface area contributed by atoms with Crippen LogP contribution in [0.5, 0.6) is 0 Å². The Balaban J connectivity index is 2.03. The Labute approximate surface area is 58.9 Å². The Morgan fingerprint density at radius 2 is 2.20 bits per heavy atom. The van der Waals surface area contributed by atoms with Gasteiger partial charge >= 0.3 is 5.97 Å². The molecule has 2 nitrogen and oxygen atoms in total. The molecular formula is C8H8O2. The van der Waals surface area contributed by atoms with Crippen molar-refractivity contribution in [1.29, 1.82) is 0 Å². The van der Waals surface area contributed by atoms with Crippen molar-refractivity contribution in [2.45, 2.75) is 12.5 Å². The Hall–Kier alpha value is -0.790. The van der Waals surface area contributed by atoms with Gasteiger partial charge in [-0.25, -0.2) is 0 Å². The van der Waals surface area contributed by atoms with E-state index in [1.54, 1.807) is 0 Å². The van der Waals surface area contributed by atoms with Crippen molar-refractivity contribution in [2.24, 2.45) is 17.8 Å². The second-order valence-electron chi connectivity index (χ2n) is 3.38. The molecule has 3 aliphatic rings. The maximum atomic E-state index is 10.8. The minimum Gasteiger partial charge on any atom is -0.460 e. The van der Waals surface area contributed by atoms with Gasteiger partial charge in [0.15, 0.2) is 0 Å². The highest BCUT2D eigenvalue weighted by Crippen LogP contribution is 2.50. The molecule has 2 fully saturated rings. The summed E-state index contributed by atoms with van der Waals surface area (Å²) in [5.41, 5.74) is 0. The first-order chi connectivity index (χ1) is 4.86. The molecule has 0 aromatic carbocycles. The van der Waals surface area contributed by atoms with Crippen molar-refractivity contribution >= 4 is 5.97 Å². The number of carbonyl (C=O) groups excluding carboxylic acids is 1. The normalized spacial score (nSPS) is 54.2. The molecular weight excluding hydrogens is 128 g/mol. The molecule has 52 valence electrons. The molecule has 0 unspecified atom stereocenters. The van der Waals surface area contributed by atoms with Crippen LogP contribution in [0.15, 0.2) is 12.2 Å². The van der Waals surface area contributed by atoms with Crippen LogP contribution in [0.4, 0.5) is 0 Å². The van der Waals surface area contributed by atoms with Gasteiger partial charge in [-0.3, -0.25) is 4.79 Å². The van der Waals surface area contributed by atoms with Crippen LogP contribution < -0.4 is 0 Å². The van der Waals surface area contributed by atoms with Gasteiger partial charge in [0.2, 0.25) is 0 Å². The molecule has 1 saturated heterocycles. The van der Waals surface area contributed by atoms with Crippen molar-refractivity contribution < 1.29 is 9.53 Å². The highest BCUT2D eigenvalue weighted by atomic mass is 16.6. The number of hydrogen-bond donors (Lipinski definition) is 0. The predicted molar refractivity (Wildman–Crippen MR) is 34.1 cm³/mol. The van der Waals surface area contributed by atoms with Crippen LogP contribution in [0.3, 0.4) is 0 Å². The lowest BCUT2D eigenvalue weighted by Gasteiger charge is -2.35. The lowest BCUT2D eigenvalue weighted by molar-refractivity contribution is -0.185. The molecule has 10 heavy (non-hydrogen) atoms. The van der Waals surface area contributed by atoms with Crippen molar-refractivity contribution in [3.8, 4) is 0 Å². The average Bonchev–Trinajstić information content (AvgIpc) is 2.40. The van der Waals surface area contributed by atoms with Gasteiger partial charge in [-0.05, 0) is 12.3 Å². The smallest absolute Gasteiger partial charge is 0.313 e. The molecule has 2 heteroatoms. The van der Waals surface area contributed by atoms with E-state index < -0.39 is 0 Å². The predicted octanol–water partition coefficient (Wildman–Crippen LogP) is 0.734. The van der Waals surface area contributed by atoms with E-state index in [1.165, 1.54) is 0 Å². The minimum absolute atomic E-state index is 0.0295. The average molecular weight is 136 g/mol. The first-order valence-electron chi connectivity index (χ1n) is 3.75. The number of fused-ring (bicyclic) bond motifs is 5. The summed E-state index contributed by atoms with van der Waals surface area (Å²) in [6, 6.07) is 0. The van der Waals surface area contributed by atoms with Crippen LogP contribution in [0.2, 0.25) is 0 Å². The largest absolute Gasteiger partial charge is 0.460 e. The first-order valence-corrected chi connectivity index (χ1v) is 3.75. The Bertz CT molecular complexity index is 231. The van der Waals surface area contributed by atoms with E-state index in [9.17, 15) is 4.79 Å². The second kappa shape index (κ2) is 1.29. The van der Waals surface area contributed by atoms with Crippen molar-refractivity contribution in [1.82, 2.24) is 0 Å². The number of hydrogen-bond acceptors (Lipinski definition) is 2. The van der Waals surface area contributed by atoms with Crippen LogP contribution >= 0.6 is 0 Å². The van der Waals surface area contributed by atoms with Gasteiger partial charge in [-0.15, -0.1) is 0 Å².